The SMILES string of the molecule is COc1ccc(CN2CCN(c3nc4c(F)cc(F)cc4s3)CC2)c(OC)c1OC. The Morgan fingerprint density at radius 3 is 2.37 bits per heavy atom. The first-order valence-electron chi connectivity index (χ1n) is 9.54. The lowest BCUT2D eigenvalue weighted by atomic mass is 10.1. The number of thiazole rings is 1. The molecule has 0 aliphatic carbocycles. The first-order valence-corrected chi connectivity index (χ1v) is 10.4. The highest BCUT2D eigenvalue weighted by atomic mass is 32.1. The lowest BCUT2D eigenvalue weighted by molar-refractivity contribution is 0.243. The Labute approximate surface area is 177 Å². The minimum atomic E-state index is -0.619. The van der Waals surface area contributed by atoms with Crippen LogP contribution in [0, 0.1) is 11.6 Å². The van der Waals surface area contributed by atoms with Crippen molar-refractivity contribution >= 4 is 26.7 Å². The quantitative estimate of drug-likeness (QED) is 0.585. The molecule has 0 amide bonds. The third-order valence-corrected chi connectivity index (χ3v) is 6.29. The number of anilines is 1. The van der Waals surface area contributed by atoms with Gasteiger partial charge >= 0.3 is 0 Å². The number of hydrogen-bond acceptors (Lipinski definition) is 7. The predicted molar refractivity (Wildman–Crippen MR) is 113 cm³/mol. The summed E-state index contributed by atoms with van der Waals surface area (Å²) in [5.41, 5.74) is 1.25. The molecule has 2 aromatic carbocycles. The maximum absolute atomic E-state index is 14.0. The minimum absolute atomic E-state index is 0.230. The topological polar surface area (TPSA) is 47.1 Å². The fourth-order valence-electron chi connectivity index (χ4n) is 3.71. The number of aromatic nitrogens is 1. The van der Waals surface area contributed by atoms with Crippen molar-refractivity contribution in [3.05, 3.63) is 41.5 Å². The highest BCUT2D eigenvalue weighted by Crippen LogP contribution is 2.40. The molecule has 30 heavy (non-hydrogen) atoms. The Morgan fingerprint density at radius 1 is 0.967 bits per heavy atom. The summed E-state index contributed by atoms with van der Waals surface area (Å²) in [6.07, 6.45) is 0. The van der Waals surface area contributed by atoms with Crippen molar-refractivity contribution in [1.29, 1.82) is 0 Å². The van der Waals surface area contributed by atoms with E-state index in [9.17, 15) is 8.78 Å². The van der Waals surface area contributed by atoms with Crippen molar-refractivity contribution in [3.63, 3.8) is 0 Å². The second kappa shape index (κ2) is 8.61. The van der Waals surface area contributed by atoms with Gasteiger partial charge in [0.2, 0.25) is 5.75 Å². The predicted octanol–water partition coefficient (Wildman–Crippen LogP) is 3.92. The Balaban J connectivity index is 1.46. The van der Waals surface area contributed by atoms with Crippen LogP contribution in [-0.4, -0.2) is 57.4 Å². The van der Waals surface area contributed by atoms with E-state index in [1.54, 1.807) is 21.3 Å². The van der Waals surface area contributed by atoms with Gasteiger partial charge in [0.1, 0.15) is 11.3 Å². The number of piperazine rings is 1. The normalized spacial score (nSPS) is 14.9. The van der Waals surface area contributed by atoms with Crippen LogP contribution >= 0.6 is 11.3 Å². The number of fused-ring (bicyclic) bond motifs is 1. The third kappa shape index (κ3) is 3.87. The van der Waals surface area contributed by atoms with Crippen LogP contribution < -0.4 is 19.1 Å². The van der Waals surface area contributed by atoms with Gasteiger partial charge in [-0.05, 0) is 12.1 Å². The van der Waals surface area contributed by atoms with Crippen LogP contribution in [0.25, 0.3) is 10.2 Å². The molecule has 0 radical (unpaired) electrons. The average Bonchev–Trinajstić information content (AvgIpc) is 3.18. The molecule has 0 spiro atoms. The van der Waals surface area contributed by atoms with E-state index in [1.165, 1.54) is 17.4 Å². The third-order valence-electron chi connectivity index (χ3n) is 5.22. The van der Waals surface area contributed by atoms with E-state index in [2.05, 4.69) is 14.8 Å². The van der Waals surface area contributed by atoms with Crippen LogP contribution in [0.3, 0.4) is 0 Å². The zero-order valence-corrected chi connectivity index (χ0v) is 17.9. The van der Waals surface area contributed by atoms with Crippen LogP contribution in [0.4, 0.5) is 13.9 Å². The zero-order chi connectivity index (χ0) is 21.3. The molecular weight excluding hydrogens is 412 g/mol. The van der Waals surface area contributed by atoms with E-state index >= 15 is 0 Å². The molecule has 0 bridgehead atoms. The van der Waals surface area contributed by atoms with Crippen LogP contribution in [0.1, 0.15) is 5.56 Å². The summed E-state index contributed by atoms with van der Waals surface area (Å²) in [7, 11) is 4.81. The zero-order valence-electron chi connectivity index (χ0n) is 17.1. The number of hydrogen-bond donors (Lipinski definition) is 0. The fourth-order valence-corrected chi connectivity index (χ4v) is 4.76. The van der Waals surface area contributed by atoms with Gasteiger partial charge in [-0.15, -0.1) is 0 Å². The summed E-state index contributed by atoms with van der Waals surface area (Å²) in [4.78, 5) is 8.82. The second-order valence-electron chi connectivity index (χ2n) is 6.99. The van der Waals surface area contributed by atoms with E-state index in [4.69, 9.17) is 14.2 Å². The van der Waals surface area contributed by atoms with Gasteiger partial charge in [-0.3, -0.25) is 4.90 Å². The molecule has 0 N–H and O–H groups in total. The van der Waals surface area contributed by atoms with Crippen molar-refractivity contribution in [2.24, 2.45) is 0 Å². The first kappa shape index (κ1) is 20.6. The van der Waals surface area contributed by atoms with E-state index in [0.717, 1.165) is 42.9 Å². The van der Waals surface area contributed by atoms with Gasteiger partial charge in [0.05, 0.1) is 26.0 Å². The molecule has 160 valence electrons. The molecule has 9 heteroatoms. The van der Waals surface area contributed by atoms with Crippen LogP contribution in [0.2, 0.25) is 0 Å². The van der Waals surface area contributed by atoms with Crippen LogP contribution in [-0.2, 0) is 6.54 Å². The van der Waals surface area contributed by atoms with Crippen LogP contribution in [0.15, 0.2) is 24.3 Å². The summed E-state index contributed by atoms with van der Waals surface area (Å²) in [5.74, 6) is 0.681. The summed E-state index contributed by atoms with van der Waals surface area (Å²) in [6.45, 7) is 3.82. The molecule has 0 unspecified atom stereocenters. The molecule has 1 fully saturated rings. The van der Waals surface area contributed by atoms with Gasteiger partial charge in [0.15, 0.2) is 22.4 Å². The van der Waals surface area contributed by atoms with E-state index in [0.29, 0.717) is 28.5 Å². The largest absolute Gasteiger partial charge is 0.493 e. The molecule has 2 heterocycles. The number of nitrogens with zero attached hydrogens (tertiary/aromatic N) is 3. The Bertz CT molecular complexity index is 1050. The molecule has 4 rings (SSSR count). The van der Waals surface area contributed by atoms with Crippen LogP contribution in [0.5, 0.6) is 17.2 Å². The van der Waals surface area contributed by atoms with Gasteiger partial charge in [-0.1, -0.05) is 17.4 Å². The number of benzene rings is 2. The summed E-state index contributed by atoms with van der Waals surface area (Å²) in [5, 5.41) is 0.720. The van der Waals surface area contributed by atoms with Gasteiger partial charge in [0, 0.05) is 44.4 Å². The minimum Gasteiger partial charge on any atom is -0.493 e. The summed E-state index contributed by atoms with van der Waals surface area (Å²) < 4.78 is 44.4. The lowest BCUT2D eigenvalue weighted by Gasteiger charge is -2.34. The second-order valence-corrected chi connectivity index (χ2v) is 8.00. The van der Waals surface area contributed by atoms with Gasteiger partial charge in [-0.25, -0.2) is 13.8 Å². The average molecular weight is 435 g/mol. The van der Waals surface area contributed by atoms with E-state index < -0.39 is 11.6 Å². The van der Waals surface area contributed by atoms with E-state index in [1.807, 2.05) is 12.1 Å². The highest BCUT2D eigenvalue weighted by molar-refractivity contribution is 7.22. The fraction of sp³-hybridized carbons (Fsp3) is 0.381. The van der Waals surface area contributed by atoms with Gasteiger partial charge in [0.25, 0.3) is 0 Å². The monoisotopic (exact) mass is 435 g/mol. The highest BCUT2D eigenvalue weighted by Gasteiger charge is 2.23. The lowest BCUT2D eigenvalue weighted by Crippen LogP contribution is -2.46. The number of rotatable bonds is 6. The summed E-state index contributed by atoms with van der Waals surface area (Å²) >= 11 is 1.32. The maximum Gasteiger partial charge on any atom is 0.203 e. The summed E-state index contributed by atoms with van der Waals surface area (Å²) in [6, 6.07) is 6.07. The Morgan fingerprint density at radius 2 is 1.70 bits per heavy atom. The van der Waals surface area contributed by atoms with Crippen molar-refractivity contribution in [1.82, 2.24) is 9.88 Å². The standard InChI is InChI=1S/C21H23F2N3O3S/c1-27-16-5-4-13(19(28-2)20(16)29-3)12-25-6-8-26(9-7-25)21-24-18-15(23)10-14(22)11-17(18)30-21/h4-5,10-11H,6-9,12H2,1-3H3. The van der Waals surface area contributed by atoms with Crippen molar-refractivity contribution in [3.8, 4) is 17.2 Å². The Hall–Kier alpha value is -2.65. The van der Waals surface area contributed by atoms with Gasteiger partial charge in [-0.2, -0.15) is 0 Å². The van der Waals surface area contributed by atoms with Gasteiger partial charge < -0.3 is 19.1 Å². The number of ether oxygens (including phenoxy) is 3. The number of methoxy groups -OCH3 is 3. The number of halogens is 2. The molecule has 3 aromatic rings. The molecular formula is C21H23F2N3O3S. The van der Waals surface area contributed by atoms with E-state index in [-0.39, 0.29) is 5.52 Å². The smallest absolute Gasteiger partial charge is 0.203 e. The molecule has 1 aliphatic rings. The van der Waals surface area contributed by atoms with Crippen molar-refractivity contribution < 1.29 is 23.0 Å². The molecule has 1 aromatic heterocycles. The molecule has 0 atom stereocenters. The van der Waals surface area contributed by atoms with Crippen molar-refractivity contribution in [2.75, 3.05) is 52.4 Å². The molecule has 1 aliphatic heterocycles. The molecule has 6 nitrogen and oxygen atoms in total. The van der Waals surface area contributed by atoms with Crippen molar-refractivity contribution in [2.45, 2.75) is 6.54 Å². The Kier molecular flexibility index (Phi) is 5.92. The molecule has 0 saturated carbocycles. The first-order chi connectivity index (χ1) is 14.5. The molecule has 1 saturated heterocycles. The maximum atomic E-state index is 14.0.